The van der Waals surface area contributed by atoms with Crippen LogP contribution in [-0.2, 0) is 14.3 Å². The number of ether oxygens (including phenoxy) is 3. The van der Waals surface area contributed by atoms with Gasteiger partial charge in [-0.25, -0.2) is 4.79 Å². The molecule has 0 bridgehead atoms. The zero-order chi connectivity index (χ0) is 21.8. The summed E-state index contributed by atoms with van der Waals surface area (Å²) in [5.41, 5.74) is 0.556. The molecule has 0 aromatic heterocycles. The largest absolute Gasteiger partial charge is 0.497 e. The van der Waals surface area contributed by atoms with Gasteiger partial charge in [-0.1, -0.05) is 11.6 Å². The molecule has 2 saturated heterocycles. The Balaban J connectivity index is 1.40. The number of rotatable bonds is 5. The van der Waals surface area contributed by atoms with E-state index in [1.807, 2.05) is 4.90 Å². The first-order chi connectivity index (χ1) is 15.0. The monoisotopic (exact) mass is 445 g/mol. The molecular weight excluding hydrogens is 422 g/mol. The van der Waals surface area contributed by atoms with Crippen molar-refractivity contribution in [1.29, 1.82) is 0 Å². The third-order valence-corrected chi connectivity index (χ3v) is 5.53. The fourth-order valence-corrected chi connectivity index (χ4v) is 3.92. The Kier molecular flexibility index (Phi) is 6.31. The summed E-state index contributed by atoms with van der Waals surface area (Å²) < 4.78 is 16.6. The molecule has 2 aromatic rings. The van der Waals surface area contributed by atoms with Crippen LogP contribution in [0.2, 0.25) is 5.02 Å². The van der Waals surface area contributed by atoms with Gasteiger partial charge < -0.3 is 19.5 Å². The Morgan fingerprint density at radius 2 is 1.90 bits per heavy atom. The molecule has 1 atom stereocenters. The van der Waals surface area contributed by atoms with Gasteiger partial charge >= 0.3 is 6.09 Å². The first kappa shape index (κ1) is 21.4. The number of carbonyl (C=O) groups is 2. The highest BCUT2D eigenvalue weighted by atomic mass is 35.5. The molecule has 2 aliphatic heterocycles. The van der Waals surface area contributed by atoms with E-state index < -0.39 is 11.7 Å². The lowest BCUT2D eigenvalue weighted by molar-refractivity contribution is -0.117. The Morgan fingerprint density at radius 3 is 2.61 bits per heavy atom. The smallest absolute Gasteiger partial charge is 0.415 e. The van der Waals surface area contributed by atoms with Gasteiger partial charge in [-0.15, -0.1) is 0 Å². The molecule has 1 unspecified atom stereocenters. The van der Waals surface area contributed by atoms with Crippen molar-refractivity contribution in [2.24, 2.45) is 0 Å². The van der Waals surface area contributed by atoms with Gasteiger partial charge in [0.2, 0.25) is 5.91 Å². The minimum absolute atomic E-state index is 0.152. The summed E-state index contributed by atoms with van der Waals surface area (Å²) in [4.78, 5) is 28.7. The molecule has 2 heterocycles. The number of hydrogen-bond donors (Lipinski definition) is 1. The minimum atomic E-state index is -0.840. The van der Waals surface area contributed by atoms with Crippen LogP contribution in [0.15, 0.2) is 48.5 Å². The first-order valence-corrected chi connectivity index (χ1v) is 10.3. The summed E-state index contributed by atoms with van der Waals surface area (Å²) in [6.07, 6.45) is -0.435. The lowest BCUT2D eigenvalue weighted by atomic mass is 10.0. The third kappa shape index (κ3) is 5.10. The summed E-state index contributed by atoms with van der Waals surface area (Å²) in [7, 11) is 1.59. The highest BCUT2D eigenvalue weighted by Gasteiger charge is 2.48. The number of benzene rings is 2. The van der Waals surface area contributed by atoms with Crippen LogP contribution in [0.5, 0.6) is 5.75 Å². The molecule has 9 heteroatoms. The van der Waals surface area contributed by atoms with Gasteiger partial charge in [-0.2, -0.15) is 0 Å². The summed E-state index contributed by atoms with van der Waals surface area (Å²) in [6, 6.07) is 14.2. The number of carbonyl (C=O) groups excluding carboxylic acids is 2. The van der Waals surface area contributed by atoms with Gasteiger partial charge in [0, 0.05) is 29.5 Å². The van der Waals surface area contributed by atoms with Crippen molar-refractivity contribution >= 4 is 35.0 Å². The maximum absolute atomic E-state index is 12.6. The molecule has 8 nitrogen and oxygen atoms in total. The van der Waals surface area contributed by atoms with E-state index in [2.05, 4.69) is 5.32 Å². The normalized spacial score (nSPS) is 21.6. The van der Waals surface area contributed by atoms with Crippen LogP contribution in [0.1, 0.15) is 0 Å². The molecular formula is C22H24ClN3O5. The predicted molar refractivity (Wildman–Crippen MR) is 117 cm³/mol. The van der Waals surface area contributed by atoms with Gasteiger partial charge in [0.1, 0.15) is 5.75 Å². The van der Waals surface area contributed by atoms with E-state index in [1.54, 1.807) is 60.5 Å². The van der Waals surface area contributed by atoms with Crippen LogP contribution < -0.4 is 15.0 Å². The van der Waals surface area contributed by atoms with Crippen LogP contribution in [0, 0.1) is 0 Å². The molecule has 4 rings (SSSR count). The van der Waals surface area contributed by atoms with Crippen molar-refractivity contribution < 1.29 is 23.8 Å². The number of halogens is 1. The van der Waals surface area contributed by atoms with E-state index in [1.165, 1.54) is 0 Å². The van der Waals surface area contributed by atoms with E-state index in [4.69, 9.17) is 25.8 Å². The van der Waals surface area contributed by atoms with Crippen LogP contribution >= 0.6 is 11.6 Å². The minimum Gasteiger partial charge on any atom is -0.497 e. The molecule has 0 radical (unpaired) electrons. The van der Waals surface area contributed by atoms with Crippen molar-refractivity contribution in [1.82, 2.24) is 4.90 Å². The zero-order valence-corrected chi connectivity index (χ0v) is 17.9. The SMILES string of the molecule is COc1ccc(NC(=O)CN2CCOCC3(C2)CN(c2ccc(Cl)cc2)C(=O)O3)cc1. The number of methoxy groups -OCH3 is 1. The second-order valence-electron chi connectivity index (χ2n) is 7.65. The molecule has 0 aliphatic carbocycles. The molecule has 164 valence electrons. The van der Waals surface area contributed by atoms with Crippen LogP contribution in [0.25, 0.3) is 0 Å². The van der Waals surface area contributed by atoms with Gasteiger partial charge in [-0.05, 0) is 48.5 Å². The van der Waals surface area contributed by atoms with Crippen molar-refractivity contribution in [3.63, 3.8) is 0 Å². The van der Waals surface area contributed by atoms with Crippen molar-refractivity contribution in [3.05, 3.63) is 53.6 Å². The van der Waals surface area contributed by atoms with E-state index >= 15 is 0 Å². The maximum atomic E-state index is 12.6. The maximum Gasteiger partial charge on any atom is 0.415 e. The van der Waals surface area contributed by atoms with Crippen molar-refractivity contribution in [2.75, 3.05) is 56.7 Å². The number of hydrogen-bond acceptors (Lipinski definition) is 6. The zero-order valence-electron chi connectivity index (χ0n) is 17.2. The molecule has 0 saturated carbocycles. The van der Waals surface area contributed by atoms with Crippen LogP contribution in [0.3, 0.4) is 0 Å². The Bertz CT molecular complexity index is 937. The topological polar surface area (TPSA) is 80.3 Å². The van der Waals surface area contributed by atoms with E-state index in [9.17, 15) is 9.59 Å². The molecule has 1 spiro atoms. The molecule has 2 aromatic carbocycles. The average molecular weight is 446 g/mol. The average Bonchev–Trinajstić information content (AvgIpc) is 2.95. The molecule has 31 heavy (non-hydrogen) atoms. The predicted octanol–water partition coefficient (Wildman–Crippen LogP) is 3.01. The highest BCUT2D eigenvalue weighted by molar-refractivity contribution is 6.30. The lowest BCUT2D eigenvalue weighted by Gasteiger charge is -2.29. The molecule has 2 amide bonds. The van der Waals surface area contributed by atoms with E-state index in [-0.39, 0.29) is 19.1 Å². The summed E-state index contributed by atoms with van der Waals surface area (Å²) in [5.74, 6) is 0.569. The molecule has 1 N–H and O–H groups in total. The van der Waals surface area contributed by atoms with Gasteiger partial charge in [0.05, 0.1) is 33.4 Å². The van der Waals surface area contributed by atoms with Crippen molar-refractivity contribution in [2.45, 2.75) is 5.60 Å². The second kappa shape index (κ2) is 9.13. The molecule has 2 fully saturated rings. The number of nitrogens with one attached hydrogen (secondary N) is 1. The summed E-state index contributed by atoms with van der Waals surface area (Å²) in [6.45, 7) is 2.20. The summed E-state index contributed by atoms with van der Waals surface area (Å²) in [5, 5.41) is 3.48. The third-order valence-electron chi connectivity index (χ3n) is 5.28. The van der Waals surface area contributed by atoms with Crippen molar-refractivity contribution in [3.8, 4) is 5.75 Å². The standard InChI is InChI=1S/C22H24ClN3O5/c1-29-19-8-4-17(5-9-19)24-20(27)12-25-10-11-30-15-22(13-25)14-26(21(28)31-22)18-6-2-16(23)3-7-18/h2-9H,10-15H2,1H3,(H,24,27). The quantitative estimate of drug-likeness (QED) is 0.762. The fraction of sp³-hybridized carbons (Fsp3) is 0.364. The number of amides is 2. The molecule has 2 aliphatic rings. The van der Waals surface area contributed by atoms with Gasteiger partial charge in [0.15, 0.2) is 5.60 Å². The highest BCUT2D eigenvalue weighted by Crippen LogP contribution is 2.31. The second-order valence-corrected chi connectivity index (χ2v) is 8.09. The first-order valence-electron chi connectivity index (χ1n) is 9.96. The Labute approximate surface area is 185 Å². The lowest BCUT2D eigenvalue weighted by Crippen LogP contribution is -2.49. The fourth-order valence-electron chi connectivity index (χ4n) is 3.80. The Morgan fingerprint density at radius 1 is 1.16 bits per heavy atom. The van der Waals surface area contributed by atoms with Gasteiger partial charge in [-0.3, -0.25) is 14.6 Å². The Hall–Kier alpha value is -2.81. The van der Waals surface area contributed by atoms with Crippen LogP contribution in [-0.4, -0.2) is 69.0 Å². The number of anilines is 2. The van der Waals surface area contributed by atoms with Crippen LogP contribution in [0.4, 0.5) is 16.2 Å². The summed E-state index contributed by atoms with van der Waals surface area (Å²) >= 11 is 5.95. The van der Waals surface area contributed by atoms with Gasteiger partial charge in [0.25, 0.3) is 0 Å². The van der Waals surface area contributed by atoms with E-state index in [0.717, 1.165) is 5.75 Å². The number of nitrogens with zero attached hydrogens (tertiary/aromatic N) is 2. The van der Waals surface area contributed by atoms with E-state index in [0.29, 0.717) is 42.6 Å².